The van der Waals surface area contributed by atoms with Gasteiger partial charge in [0.15, 0.2) is 0 Å². The third kappa shape index (κ3) is 2.80. The number of halogens is 1. The van der Waals surface area contributed by atoms with Crippen LogP contribution in [0.5, 0.6) is 5.75 Å². The first-order valence-electron chi connectivity index (χ1n) is 4.41. The predicted molar refractivity (Wildman–Crippen MR) is 55.5 cm³/mol. The summed E-state index contributed by atoms with van der Waals surface area (Å²) in [6.45, 7) is 3.76. The lowest BCUT2D eigenvalue weighted by atomic mass is 10.2. The Balaban J connectivity index is 2.85. The predicted octanol–water partition coefficient (Wildman–Crippen LogP) is 1.75. The highest BCUT2D eigenvalue weighted by Crippen LogP contribution is 2.15. The van der Waals surface area contributed by atoms with Gasteiger partial charge in [-0.3, -0.25) is 4.79 Å². The highest BCUT2D eigenvalue weighted by molar-refractivity contribution is 5.94. The first-order valence-corrected chi connectivity index (χ1v) is 4.41. The Kier molecular flexibility index (Phi) is 3.85. The molecule has 1 N–H and O–H groups in total. The molecule has 0 atom stereocenters. The zero-order chi connectivity index (χ0) is 11.3. The molecule has 1 amide bonds. The number of carbonyl (C=O) groups excluding carboxylic acids is 1. The molecule has 0 bridgehead atoms. The second-order valence-corrected chi connectivity index (χ2v) is 2.84. The van der Waals surface area contributed by atoms with Crippen LogP contribution in [0.25, 0.3) is 0 Å². The van der Waals surface area contributed by atoms with Crippen molar-refractivity contribution in [1.29, 1.82) is 0 Å². The van der Waals surface area contributed by atoms with Gasteiger partial charge in [-0.15, -0.1) is 6.58 Å². The minimum Gasteiger partial charge on any atom is -0.497 e. The maximum atomic E-state index is 13.3. The third-order valence-electron chi connectivity index (χ3n) is 1.83. The van der Waals surface area contributed by atoms with Gasteiger partial charge in [0, 0.05) is 12.6 Å². The summed E-state index contributed by atoms with van der Waals surface area (Å²) in [4.78, 5) is 11.4. The van der Waals surface area contributed by atoms with Gasteiger partial charge in [-0.2, -0.15) is 0 Å². The second kappa shape index (κ2) is 5.14. The first kappa shape index (κ1) is 11.2. The molecular formula is C11H12FNO2. The Morgan fingerprint density at radius 1 is 1.67 bits per heavy atom. The van der Waals surface area contributed by atoms with Gasteiger partial charge in [-0.05, 0) is 12.1 Å². The van der Waals surface area contributed by atoms with Gasteiger partial charge in [0.1, 0.15) is 11.6 Å². The molecule has 0 unspecified atom stereocenters. The van der Waals surface area contributed by atoms with E-state index in [1.807, 2.05) is 0 Å². The van der Waals surface area contributed by atoms with Crippen LogP contribution in [-0.2, 0) is 0 Å². The van der Waals surface area contributed by atoms with Crippen LogP contribution >= 0.6 is 0 Å². The Morgan fingerprint density at radius 2 is 2.40 bits per heavy atom. The van der Waals surface area contributed by atoms with Gasteiger partial charge >= 0.3 is 0 Å². The van der Waals surface area contributed by atoms with E-state index in [2.05, 4.69) is 11.9 Å². The number of carbonyl (C=O) groups is 1. The Labute approximate surface area is 87.6 Å². The summed E-state index contributed by atoms with van der Waals surface area (Å²) in [6, 6.07) is 4.08. The molecule has 15 heavy (non-hydrogen) atoms. The number of methoxy groups -OCH3 is 1. The topological polar surface area (TPSA) is 38.3 Å². The monoisotopic (exact) mass is 209 g/mol. The quantitative estimate of drug-likeness (QED) is 0.767. The van der Waals surface area contributed by atoms with Crippen LogP contribution in [0.4, 0.5) is 4.39 Å². The highest BCUT2D eigenvalue weighted by atomic mass is 19.1. The van der Waals surface area contributed by atoms with Crippen molar-refractivity contribution in [3.8, 4) is 5.75 Å². The lowest BCUT2D eigenvalue weighted by Gasteiger charge is -2.05. The molecule has 0 aliphatic heterocycles. The van der Waals surface area contributed by atoms with Crippen LogP contribution in [0.2, 0.25) is 0 Å². The van der Waals surface area contributed by atoms with E-state index >= 15 is 0 Å². The summed E-state index contributed by atoms with van der Waals surface area (Å²) in [7, 11) is 1.44. The normalized spacial score (nSPS) is 9.47. The molecule has 0 aromatic heterocycles. The maximum Gasteiger partial charge on any atom is 0.254 e. The largest absolute Gasteiger partial charge is 0.497 e. The van der Waals surface area contributed by atoms with E-state index in [9.17, 15) is 9.18 Å². The Morgan fingerprint density at radius 3 is 2.93 bits per heavy atom. The van der Waals surface area contributed by atoms with Gasteiger partial charge in [0.25, 0.3) is 5.91 Å². The summed E-state index contributed by atoms with van der Waals surface area (Å²) in [5, 5.41) is 2.49. The molecule has 0 aliphatic carbocycles. The lowest BCUT2D eigenvalue weighted by molar-refractivity contribution is 0.0954. The van der Waals surface area contributed by atoms with Crippen LogP contribution in [0.3, 0.4) is 0 Å². The summed E-state index contributed by atoms with van der Waals surface area (Å²) >= 11 is 0. The number of nitrogens with one attached hydrogen (secondary N) is 1. The molecular weight excluding hydrogens is 197 g/mol. The SMILES string of the molecule is C=CCNC(=O)c1ccc(OC)cc1F. The molecule has 1 rings (SSSR count). The van der Waals surface area contributed by atoms with Crippen molar-refractivity contribution < 1.29 is 13.9 Å². The summed E-state index contributed by atoms with van der Waals surface area (Å²) < 4.78 is 18.2. The van der Waals surface area contributed by atoms with Crippen LogP contribution in [0.15, 0.2) is 30.9 Å². The third-order valence-corrected chi connectivity index (χ3v) is 1.83. The minimum atomic E-state index is -0.601. The van der Waals surface area contributed by atoms with Crippen molar-refractivity contribution in [2.24, 2.45) is 0 Å². The average Bonchev–Trinajstić information content (AvgIpc) is 2.25. The van der Waals surface area contributed by atoms with Gasteiger partial charge in [-0.1, -0.05) is 6.08 Å². The molecule has 1 aromatic rings. The number of rotatable bonds is 4. The lowest BCUT2D eigenvalue weighted by Crippen LogP contribution is -2.24. The molecule has 0 saturated heterocycles. The number of amides is 1. The summed E-state index contributed by atoms with van der Waals surface area (Å²) in [5.74, 6) is -0.682. The van der Waals surface area contributed by atoms with E-state index in [1.165, 1.54) is 31.4 Å². The van der Waals surface area contributed by atoms with E-state index < -0.39 is 11.7 Å². The molecule has 80 valence electrons. The fourth-order valence-electron chi connectivity index (χ4n) is 1.07. The number of ether oxygens (including phenoxy) is 1. The first-order chi connectivity index (χ1) is 7.19. The van der Waals surface area contributed by atoms with Crippen molar-refractivity contribution >= 4 is 5.91 Å². The molecule has 0 aliphatic rings. The van der Waals surface area contributed by atoms with Gasteiger partial charge in [0.2, 0.25) is 0 Å². The Bertz CT molecular complexity index is 377. The van der Waals surface area contributed by atoms with Crippen molar-refractivity contribution in [2.45, 2.75) is 0 Å². The van der Waals surface area contributed by atoms with Crippen LogP contribution in [0.1, 0.15) is 10.4 Å². The van der Waals surface area contributed by atoms with Gasteiger partial charge in [-0.25, -0.2) is 4.39 Å². The van der Waals surface area contributed by atoms with E-state index in [1.54, 1.807) is 0 Å². The summed E-state index contributed by atoms with van der Waals surface area (Å²) in [5.41, 5.74) is -0.00218. The van der Waals surface area contributed by atoms with Crippen LogP contribution in [0, 0.1) is 5.82 Å². The fraction of sp³-hybridized carbons (Fsp3) is 0.182. The van der Waals surface area contributed by atoms with Crippen molar-refractivity contribution in [3.05, 3.63) is 42.2 Å². The van der Waals surface area contributed by atoms with Crippen molar-refractivity contribution in [1.82, 2.24) is 5.32 Å². The molecule has 0 heterocycles. The van der Waals surface area contributed by atoms with Gasteiger partial charge in [0.05, 0.1) is 12.7 Å². The Hall–Kier alpha value is -1.84. The van der Waals surface area contributed by atoms with Gasteiger partial charge < -0.3 is 10.1 Å². The van der Waals surface area contributed by atoms with E-state index in [0.29, 0.717) is 12.3 Å². The van der Waals surface area contributed by atoms with E-state index in [-0.39, 0.29) is 5.56 Å². The molecule has 4 heteroatoms. The zero-order valence-corrected chi connectivity index (χ0v) is 8.42. The summed E-state index contributed by atoms with van der Waals surface area (Å²) in [6.07, 6.45) is 1.53. The number of benzene rings is 1. The molecule has 0 fully saturated rings. The maximum absolute atomic E-state index is 13.3. The molecule has 1 aromatic carbocycles. The van der Waals surface area contributed by atoms with Crippen LogP contribution in [-0.4, -0.2) is 19.6 Å². The average molecular weight is 209 g/mol. The van der Waals surface area contributed by atoms with Crippen molar-refractivity contribution in [3.63, 3.8) is 0 Å². The van der Waals surface area contributed by atoms with E-state index in [4.69, 9.17) is 4.74 Å². The second-order valence-electron chi connectivity index (χ2n) is 2.84. The van der Waals surface area contributed by atoms with Crippen molar-refractivity contribution in [2.75, 3.05) is 13.7 Å². The van der Waals surface area contributed by atoms with Crippen LogP contribution < -0.4 is 10.1 Å². The highest BCUT2D eigenvalue weighted by Gasteiger charge is 2.11. The zero-order valence-electron chi connectivity index (χ0n) is 8.42. The standard InChI is InChI=1S/C11H12FNO2/c1-3-6-13-11(14)9-5-4-8(15-2)7-10(9)12/h3-5,7H,1,6H2,2H3,(H,13,14). The number of hydrogen-bond donors (Lipinski definition) is 1. The molecule has 3 nitrogen and oxygen atoms in total. The fourth-order valence-corrected chi connectivity index (χ4v) is 1.07. The smallest absolute Gasteiger partial charge is 0.254 e. The molecule has 0 spiro atoms. The van der Waals surface area contributed by atoms with E-state index in [0.717, 1.165) is 0 Å². The molecule has 0 saturated carbocycles. The molecule has 0 radical (unpaired) electrons. The minimum absolute atomic E-state index is 0.00218. The number of hydrogen-bond acceptors (Lipinski definition) is 2.